The van der Waals surface area contributed by atoms with Gasteiger partial charge in [0, 0.05) is 31.0 Å². The van der Waals surface area contributed by atoms with Crippen molar-refractivity contribution in [2.24, 2.45) is 7.05 Å². The van der Waals surface area contributed by atoms with Gasteiger partial charge in [-0.15, -0.1) is 0 Å². The van der Waals surface area contributed by atoms with Crippen LogP contribution < -0.4 is 0 Å². The second-order valence-corrected chi connectivity index (χ2v) is 9.42. The van der Waals surface area contributed by atoms with E-state index in [0.29, 0.717) is 25.0 Å². The van der Waals surface area contributed by atoms with Crippen molar-refractivity contribution in [2.45, 2.75) is 94.4 Å². The van der Waals surface area contributed by atoms with Gasteiger partial charge in [-0.1, -0.05) is 0 Å². The van der Waals surface area contributed by atoms with Crippen molar-refractivity contribution in [3.05, 3.63) is 11.1 Å². The smallest absolute Gasteiger partial charge is 0.197 e. The number of epoxide rings is 3. The fraction of sp³-hybridized carbons (Fsp3) is 0.800. The lowest BCUT2D eigenvalue weighted by Crippen LogP contribution is -2.26. The molecule has 3 fully saturated rings. The molecule has 1 aliphatic carbocycles. The van der Waals surface area contributed by atoms with E-state index in [2.05, 4.69) is 20.8 Å². The van der Waals surface area contributed by atoms with Gasteiger partial charge in [0.1, 0.15) is 0 Å². The average Bonchev–Trinajstić information content (AvgIpc) is 3.51. The van der Waals surface area contributed by atoms with Gasteiger partial charge in [0.05, 0.1) is 35.1 Å². The molecule has 4 heterocycles. The first-order valence-corrected chi connectivity index (χ1v) is 9.77. The average molecular weight is 363 g/mol. The van der Waals surface area contributed by atoms with Crippen LogP contribution in [0.3, 0.4) is 0 Å². The Morgan fingerprint density at radius 2 is 1.62 bits per heavy atom. The zero-order chi connectivity index (χ0) is 18.5. The van der Waals surface area contributed by atoms with Crippen molar-refractivity contribution in [1.82, 2.24) is 4.57 Å². The van der Waals surface area contributed by atoms with Gasteiger partial charge in [-0.25, -0.2) is 0 Å². The molecule has 0 saturated carbocycles. The molecule has 0 spiro atoms. The highest BCUT2D eigenvalue weighted by Crippen LogP contribution is 2.55. The highest BCUT2D eigenvalue weighted by Gasteiger charge is 2.62. The molecule has 5 unspecified atom stereocenters. The normalized spacial score (nSPS) is 41.5. The van der Waals surface area contributed by atoms with Gasteiger partial charge in [-0.3, -0.25) is 4.57 Å². The van der Waals surface area contributed by atoms with Gasteiger partial charge < -0.3 is 24.4 Å². The van der Waals surface area contributed by atoms with Crippen LogP contribution in [-0.2, 0) is 34.1 Å². The van der Waals surface area contributed by atoms with E-state index in [1.54, 1.807) is 7.05 Å². The van der Waals surface area contributed by atoms with Crippen molar-refractivity contribution in [3.63, 3.8) is 0 Å². The topological polar surface area (TPSA) is 83.0 Å². The standard InChI is InChI=1S/C20H29NO5/c1-18(2)13(24-18)5-7-19(3)14(25-19)6-8-20-10-12-11(9-15(20)26-20)16(22)21(4)17(12)23/h13-15,22-23H,5-10H2,1-4H3. The summed E-state index contributed by atoms with van der Waals surface area (Å²) in [7, 11) is 1.69. The van der Waals surface area contributed by atoms with Gasteiger partial charge in [-0.2, -0.15) is 0 Å². The Balaban J connectivity index is 1.17. The predicted octanol–water partition coefficient (Wildman–Crippen LogP) is 2.57. The molecular weight excluding hydrogens is 334 g/mol. The van der Waals surface area contributed by atoms with Crippen molar-refractivity contribution in [1.29, 1.82) is 0 Å². The molecule has 3 aliphatic heterocycles. The van der Waals surface area contributed by atoms with Gasteiger partial charge >= 0.3 is 0 Å². The molecule has 1 aromatic heterocycles. The summed E-state index contributed by atoms with van der Waals surface area (Å²) in [5.74, 6) is 0.343. The summed E-state index contributed by atoms with van der Waals surface area (Å²) in [5, 5.41) is 20.4. The monoisotopic (exact) mass is 363 g/mol. The third-order valence-electron chi connectivity index (χ3n) is 7.24. The molecule has 1 aromatic rings. The zero-order valence-electron chi connectivity index (χ0n) is 16.0. The first-order chi connectivity index (χ1) is 12.2. The Morgan fingerprint density at radius 3 is 2.31 bits per heavy atom. The van der Waals surface area contributed by atoms with E-state index < -0.39 is 0 Å². The van der Waals surface area contributed by atoms with Gasteiger partial charge in [0.15, 0.2) is 11.8 Å². The molecule has 2 N–H and O–H groups in total. The quantitative estimate of drug-likeness (QED) is 0.759. The second-order valence-electron chi connectivity index (χ2n) is 9.42. The predicted molar refractivity (Wildman–Crippen MR) is 94.5 cm³/mol. The summed E-state index contributed by atoms with van der Waals surface area (Å²) in [6.07, 6.45) is 6.23. The SMILES string of the molecule is Cn1c(O)c2c(c1O)CC1(CCC3OC3(C)CCC3OC3(C)C)OC1C2. The number of nitrogens with zero attached hydrogens (tertiary/aromatic N) is 1. The summed E-state index contributed by atoms with van der Waals surface area (Å²) in [4.78, 5) is 0. The zero-order valence-corrected chi connectivity index (χ0v) is 16.0. The molecule has 0 aromatic carbocycles. The maximum Gasteiger partial charge on any atom is 0.197 e. The minimum absolute atomic E-state index is 0.0178. The Hall–Kier alpha value is -1.24. The number of rotatable bonds is 6. The van der Waals surface area contributed by atoms with E-state index in [0.717, 1.165) is 36.8 Å². The van der Waals surface area contributed by atoms with E-state index in [4.69, 9.17) is 14.2 Å². The Morgan fingerprint density at radius 1 is 0.962 bits per heavy atom. The van der Waals surface area contributed by atoms with Crippen LogP contribution in [0.15, 0.2) is 0 Å². The van der Waals surface area contributed by atoms with Crippen LogP contribution in [0.25, 0.3) is 0 Å². The van der Waals surface area contributed by atoms with Gasteiger partial charge in [-0.05, 0) is 46.5 Å². The van der Waals surface area contributed by atoms with Crippen LogP contribution in [-0.4, -0.2) is 49.9 Å². The van der Waals surface area contributed by atoms with Crippen LogP contribution in [0.4, 0.5) is 0 Å². The van der Waals surface area contributed by atoms with Gasteiger partial charge in [0.2, 0.25) is 0 Å². The molecule has 0 bridgehead atoms. The molecule has 5 atom stereocenters. The Bertz CT molecular complexity index is 771. The first kappa shape index (κ1) is 16.9. The molecule has 0 amide bonds. The molecule has 0 radical (unpaired) electrons. The van der Waals surface area contributed by atoms with E-state index >= 15 is 0 Å². The van der Waals surface area contributed by atoms with Crippen LogP contribution in [0.2, 0.25) is 0 Å². The fourth-order valence-corrected chi connectivity index (χ4v) is 5.01. The van der Waals surface area contributed by atoms with Crippen LogP contribution in [0.5, 0.6) is 11.8 Å². The summed E-state index contributed by atoms with van der Waals surface area (Å²) >= 11 is 0. The minimum atomic E-state index is -0.174. The Kier molecular flexibility index (Phi) is 3.23. The number of hydrogen-bond donors (Lipinski definition) is 2. The van der Waals surface area contributed by atoms with Gasteiger partial charge in [0.25, 0.3) is 0 Å². The molecular formula is C20H29NO5. The van der Waals surface area contributed by atoms with Crippen LogP contribution >= 0.6 is 0 Å². The summed E-state index contributed by atoms with van der Waals surface area (Å²) in [6.45, 7) is 6.49. The fourth-order valence-electron chi connectivity index (χ4n) is 5.01. The maximum atomic E-state index is 10.3. The largest absolute Gasteiger partial charge is 0.494 e. The van der Waals surface area contributed by atoms with E-state index in [1.807, 2.05) is 0 Å². The van der Waals surface area contributed by atoms with Crippen molar-refractivity contribution in [3.8, 4) is 11.8 Å². The molecule has 5 rings (SSSR count). The highest BCUT2D eigenvalue weighted by atomic mass is 16.6. The van der Waals surface area contributed by atoms with Crippen molar-refractivity contribution >= 4 is 0 Å². The summed E-state index contributed by atoms with van der Waals surface area (Å²) in [6, 6.07) is 0. The van der Waals surface area contributed by atoms with Crippen LogP contribution in [0, 0.1) is 0 Å². The minimum Gasteiger partial charge on any atom is -0.494 e. The highest BCUT2D eigenvalue weighted by molar-refractivity contribution is 5.50. The summed E-state index contributed by atoms with van der Waals surface area (Å²) < 4.78 is 19.2. The maximum absolute atomic E-state index is 10.3. The number of fused-ring (bicyclic) bond motifs is 2. The van der Waals surface area contributed by atoms with E-state index in [1.165, 1.54) is 4.57 Å². The third-order valence-corrected chi connectivity index (χ3v) is 7.24. The van der Waals surface area contributed by atoms with Crippen molar-refractivity contribution < 1.29 is 24.4 Å². The first-order valence-electron chi connectivity index (χ1n) is 9.77. The molecule has 144 valence electrons. The number of hydrogen-bond acceptors (Lipinski definition) is 5. The molecule has 6 heteroatoms. The van der Waals surface area contributed by atoms with E-state index in [9.17, 15) is 10.2 Å². The Labute approximate surface area is 154 Å². The molecule has 4 aliphatic rings. The lowest BCUT2D eigenvalue weighted by molar-refractivity contribution is 0.256. The number of ether oxygens (including phenoxy) is 3. The molecule has 26 heavy (non-hydrogen) atoms. The number of aromatic hydroxyl groups is 2. The lowest BCUT2D eigenvalue weighted by atomic mass is 9.82. The second kappa shape index (κ2) is 4.97. The lowest BCUT2D eigenvalue weighted by Gasteiger charge is -2.18. The molecule has 3 saturated heterocycles. The van der Waals surface area contributed by atoms with E-state index in [-0.39, 0.29) is 34.7 Å². The third kappa shape index (κ3) is 2.42. The summed E-state index contributed by atoms with van der Waals surface area (Å²) in [5.41, 5.74) is 1.56. The van der Waals surface area contributed by atoms with Crippen LogP contribution in [0.1, 0.15) is 57.6 Å². The molecule has 6 nitrogen and oxygen atoms in total. The van der Waals surface area contributed by atoms with Crippen molar-refractivity contribution in [2.75, 3.05) is 0 Å². The number of aromatic nitrogens is 1.